The number of hydrogen-bond acceptors (Lipinski definition) is 19. The molecule has 2 amide bonds. The molecule has 394 valence electrons. The van der Waals surface area contributed by atoms with Crippen LogP contribution in [0.5, 0.6) is 0 Å². The van der Waals surface area contributed by atoms with E-state index < -0.39 is 90.7 Å². The predicted molar refractivity (Wildman–Crippen MR) is 257 cm³/mol. The van der Waals surface area contributed by atoms with E-state index in [2.05, 4.69) is 71.7 Å². The standard InChI is InChI=1S/C41H66N7O18P3S/c1-4-5-6-7-8-9-10-11-12-13-14-15-16-17-18-19-29(49)24-32(51)70-23-22-43-31(50)20-21-44-39(54)36(53)41(2,3)26-63-69(60,61)66-68(58,59)62-25-30-35(65-67(55,56)57)34(52)40(64-30)48-28-47-33-37(42)45-27-46-38(33)48/h8-9,11-12,14-15,17-18,27-30,34-36,40,49,52-53H,4-7,10,13,16,19-26H2,1-3H3,(H,43,50)(H,44,54)(H,58,59)(H,60,61)(H2,42,45,46)(H2,55,56,57)/b9-8-,12-11-,15-14-,18-17-/t29-,30+,34+,35+,36-,40+/m0/s1. The average molecular weight is 1070 g/mol. The van der Waals surface area contributed by atoms with Gasteiger partial charge in [0, 0.05) is 37.1 Å². The minimum absolute atomic E-state index is 0.0247. The normalized spacial score (nSPS) is 20.7. The van der Waals surface area contributed by atoms with E-state index in [1.165, 1.54) is 33.1 Å². The Labute approximate surface area is 409 Å². The number of allylic oxidation sites excluding steroid dienone is 7. The number of aromatic nitrogens is 4. The molecular formula is C41H66N7O18P3S. The highest BCUT2D eigenvalue weighted by Gasteiger charge is 2.50. The molecule has 1 saturated heterocycles. The molecule has 0 saturated carbocycles. The third-order valence-electron chi connectivity index (χ3n) is 10.0. The second-order valence-corrected chi connectivity index (χ2v) is 21.9. The summed E-state index contributed by atoms with van der Waals surface area (Å²) in [6.07, 6.45) is 16.3. The quantitative estimate of drug-likeness (QED) is 0.0276. The van der Waals surface area contributed by atoms with E-state index in [1.54, 1.807) is 0 Å². The maximum absolute atomic E-state index is 12.7. The van der Waals surface area contributed by atoms with Crippen LogP contribution in [0.25, 0.3) is 11.2 Å². The number of nitrogens with one attached hydrogen (secondary N) is 2. The molecule has 0 bridgehead atoms. The third kappa shape index (κ3) is 22.5. The zero-order valence-corrected chi connectivity index (χ0v) is 42.6. The van der Waals surface area contributed by atoms with Crippen molar-refractivity contribution < 1.29 is 85.6 Å². The molecule has 0 aromatic carbocycles. The van der Waals surface area contributed by atoms with Gasteiger partial charge in [-0.1, -0.05) is 94.0 Å². The number of nitrogens with zero attached hydrogens (tertiary/aromatic N) is 4. The van der Waals surface area contributed by atoms with E-state index >= 15 is 0 Å². The molecule has 70 heavy (non-hydrogen) atoms. The van der Waals surface area contributed by atoms with Crippen LogP contribution in [0.15, 0.2) is 61.3 Å². The minimum Gasteiger partial charge on any atom is -0.392 e. The van der Waals surface area contributed by atoms with E-state index in [0.717, 1.165) is 48.2 Å². The van der Waals surface area contributed by atoms with E-state index in [9.17, 15) is 63.0 Å². The fourth-order valence-electron chi connectivity index (χ4n) is 6.33. The molecule has 1 fully saturated rings. The van der Waals surface area contributed by atoms with Crippen molar-refractivity contribution >= 4 is 69.1 Å². The molecule has 3 rings (SSSR count). The van der Waals surface area contributed by atoms with Crippen LogP contribution in [-0.2, 0) is 50.7 Å². The Hall–Kier alpha value is -3.52. The Balaban J connectivity index is 1.32. The number of thioether (sulfide) groups is 1. The van der Waals surface area contributed by atoms with Gasteiger partial charge in [0.1, 0.15) is 36.3 Å². The summed E-state index contributed by atoms with van der Waals surface area (Å²) < 4.78 is 62.4. The van der Waals surface area contributed by atoms with Gasteiger partial charge in [-0.05, 0) is 38.5 Å². The van der Waals surface area contributed by atoms with Crippen LogP contribution in [0.2, 0.25) is 0 Å². The molecule has 1 aliphatic rings. The number of phosphoric ester groups is 3. The van der Waals surface area contributed by atoms with Gasteiger partial charge in [-0.25, -0.2) is 28.6 Å². The molecule has 0 radical (unpaired) electrons. The van der Waals surface area contributed by atoms with Gasteiger partial charge in [0.2, 0.25) is 11.8 Å². The monoisotopic (exact) mass is 1070 g/mol. The summed E-state index contributed by atoms with van der Waals surface area (Å²) in [5.74, 6) is -1.29. The van der Waals surface area contributed by atoms with Crippen LogP contribution in [-0.4, -0.2) is 134 Å². The smallest absolute Gasteiger partial charge is 0.392 e. The van der Waals surface area contributed by atoms with Crippen LogP contribution < -0.4 is 16.4 Å². The van der Waals surface area contributed by atoms with Crippen molar-refractivity contribution in [3.05, 3.63) is 61.3 Å². The van der Waals surface area contributed by atoms with E-state index in [1.807, 2.05) is 18.2 Å². The summed E-state index contributed by atoms with van der Waals surface area (Å²) >= 11 is 0.956. The van der Waals surface area contributed by atoms with Gasteiger partial charge >= 0.3 is 23.5 Å². The summed E-state index contributed by atoms with van der Waals surface area (Å²) in [6, 6.07) is 0. The number of nitrogens with two attached hydrogens (primary N) is 1. The number of anilines is 1. The summed E-state index contributed by atoms with van der Waals surface area (Å²) in [4.78, 5) is 88.4. The highest BCUT2D eigenvalue weighted by atomic mass is 32.2. The van der Waals surface area contributed by atoms with Gasteiger partial charge in [0.05, 0.1) is 25.6 Å². The van der Waals surface area contributed by atoms with E-state index in [4.69, 9.17) is 19.5 Å². The number of amides is 2. The number of unbranched alkanes of at least 4 members (excludes halogenated alkanes) is 3. The molecule has 0 spiro atoms. The molecule has 1 aliphatic heterocycles. The predicted octanol–water partition coefficient (Wildman–Crippen LogP) is 3.78. The number of fused-ring (bicyclic) bond motifs is 1. The lowest BCUT2D eigenvalue weighted by atomic mass is 9.87. The second-order valence-electron chi connectivity index (χ2n) is 16.5. The van der Waals surface area contributed by atoms with Crippen molar-refractivity contribution in [2.24, 2.45) is 5.41 Å². The van der Waals surface area contributed by atoms with Crippen LogP contribution in [0, 0.1) is 5.41 Å². The molecule has 2 aromatic heterocycles. The Bertz CT molecular complexity index is 2260. The summed E-state index contributed by atoms with van der Waals surface area (Å²) in [5, 5.41) is 36.5. The molecule has 8 atom stereocenters. The van der Waals surface area contributed by atoms with Crippen molar-refractivity contribution in [3.63, 3.8) is 0 Å². The van der Waals surface area contributed by atoms with E-state index in [-0.39, 0.29) is 53.8 Å². The number of hydrogen-bond donors (Lipinski definition) is 10. The van der Waals surface area contributed by atoms with Crippen LogP contribution in [0.4, 0.5) is 5.82 Å². The third-order valence-corrected chi connectivity index (χ3v) is 14.0. The van der Waals surface area contributed by atoms with Crippen LogP contribution in [0.1, 0.15) is 91.2 Å². The van der Waals surface area contributed by atoms with Gasteiger partial charge in [-0.15, -0.1) is 0 Å². The van der Waals surface area contributed by atoms with Gasteiger partial charge in [-0.3, -0.25) is 32.5 Å². The number of phosphoric acid groups is 3. The first-order valence-electron chi connectivity index (χ1n) is 22.3. The molecule has 2 aromatic rings. The Morgan fingerprint density at radius 1 is 0.914 bits per heavy atom. The number of imidazole rings is 1. The largest absolute Gasteiger partial charge is 0.481 e. The first-order chi connectivity index (χ1) is 32.9. The minimum atomic E-state index is -5.59. The number of ether oxygens (including phenoxy) is 1. The maximum atomic E-state index is 12.7. The number of rotatable bonds is 33. The Morgan fingerprint density at radius 2 is 1.56 bits per heavy atom. The molecule has 2 unspecified atom stereocenters. The molecular weight excluding hydrogens is 1000 g/mol. The van der Waals surface area contributed by atoms with Crippen molar-refractivity contribution in [1.82, 2.24) is 30.2 Å². The van der Waals surface area contributed by atoms with Crippen molar-refractivity contribution in [2.75, 3.05) is 37.8 Å². The molecule has 29 heteroatoms. The van der Waals surface area contributed by atoms with E-state index in [0.29, 0.717) is 12.8 Å². The highest BCUT2D eigenvalue weighted by Crippen LogP contribution is 2.61. The number of aliphatic hydroxyl groups is 3. The lowest BCUT2D eigenvalue weighted by Crippen LogP contribution is -2.46. The maximum Gasteiger partial charge on any atom is 0.481 e. The zero-order valence-electron chi connectivity index (χ0n) is 39.1. The topological polar surface area (TPSA) is 384 Å². The van der Waals surface area contributed by atoms with Gasteiger partial charge in [0.25, 0.3) is 0 Å². The first-order valence-corrected chi connectivity index (χ1v) is 27.8. The highest BCUT2D eigenvalue weighted by molar-refractivity contribution is 8.13. The lowest BCUT2D eigenvalue weighted by Gasteiger charge is -2.30. The zero-order chi connectivity index (χ0) is 52.0. The van der Waals surface area contributed by atoms with Gasteiger partial charge < -0.3 is 56.0 Å². The molecule has 25 nitrogen and oxygen atoms in total. The lowest BCUT2D eigenvalue weighted by molar-refractivity contribution is -0.137. The Kier molecular flexibility index (Phi) is 25.9. The number of aliphatic hydroxyl groups excluding tert-OH is 3. The first kappa shape index (κ1) is 60.8. The van der Waals surface area contributed by atoms with Crippen molar-refractivity contribution in [2.45, 2.75) is 122 Å². The number of nitrogen functional groups attached to an aromatic ring is 1. The van der Waals surface area contributed by atoms with Gasteiger partial charge in [0.15, 0.2) is 22.8 Å². The van der Waals surface area contributed by atoms with Crippen LogP contribution >= 0.6 is 35.2 Å². The van der Waals surface area contributed by atoms with Crippen molar-refractivity contribution in [3.8, 4) is 0 Å². The molecule has 3 heterocycles. The average Bonchev–Trinajstić information content (AvgIpc) is 3.84. The number of carbonyl (C=O) groups is 3. The number of carbonyl (C=O) groups excluding carboxylic acids is 3. The summed E-state index contributed by atoms with van der Waals surface area (Å²) in [6.45, 7) is 2.52. The SMILES string of the molecule is CCCCC/C=C\C/C=C\C/C=C\C/C=C\C[C@H](O)CC(=O)SCCNC(=O)CCNC(=O)[C@H](O)C(C)(C)COP(=O)(O)OP(=O)(O)OC[C@H]1O[C@@H](n2cnc3c(N)ncnc32)[C@H](O)[C@@H]1OP(=O)(O)O. The fraction of sp³-hybridized carbons (Fsp3) is 0.610. The summed E-state index contributed by atoms with van der Waals surface area (Å²) in [7, 11) is -16.5. The van der Waals surface area contributed by atoms with Crippen LogP contribution in [0.3, 0.4) is 0 Å². The molecule has 0 aliphatic carbocycles. The van der Waals surface area contributed by atoms with Crippen molar-refractivity contribution in [1.29, 1.82) is 0 Å². The molecule has 11 N–H and O–H groups in total. The summed E-state index contributed by atoms with van der Waals surface area (Å²) in [5.41, 5.74) is 4.24. The fourth-order valence-corrected chi connectivity index (χ4v) is 9.90. The Morgan fingerprint density at radius 3 is 2.21 bits per heavy atom. The second kappa shape index (κ2) is 29.9. The van der Waals surface area contributed by atoms with Gasteiger partial charge in [-0.2, -0.15) is 4.31 Å².